The fourth-order valence-electron chi connectivity index (χ4n) is 2.71. The van der Waals surface area contributed by atoms with E-state index in [1.165, 1.54) is 16.4 Å². The molecule has 0 saturated carbocycles. The van der Waals surface area contributed by atoms with Gasteiger partial charge in [-0.15, -0.1) is 0 Å². The van der Waals surface area contributed by atoms with E-state index >= 15 is 0 Å². The zero-order chi connectivity index (χ0) is 18.1. The average Bonchev–Trinajstić information content (AvgIpc) is 2.48. The molecule has 1 fully saturated rings. The summed E-state index contributed by atoms with van der Waals surface area (Å²) >= 11 is 0. The fourth-order valence-corrected chi connectivity index (χ4v) is 4.30. The van der Waals surface area contributed by atoms with Gasteiger partial charge in [0.2, 0.25) is 15.9 Å². The highest BCUT2D eigenvalue weighted by Crippen LogP contribution is 2.28. The number of aromatic hydroxyl groups is 1. The Morgan fingerprint density at radius 3 is 2.29 bits per heavy atom. The lowest BCUT2D eigenvalue weighted by atomic mass is 9.91. The maximum absolute atomic E-state index is 12.7. The summed E-state index contributed by atoms with van der Waals surface area (Å²) in [5.41, 5.74) is 0.679. The number of hydrogen-bond acceptors (Lipinski definition) is 4. The Morgan fingerprint density at radius 2 is 1.75 bits per heavy atom. The molecule has 0 unspecified atom stereocenters. The summed E-state index contributed by atoms with van der Waals surface area (Å²) in [5.74, 6) is -0.190. The molecule has 0 aliphatic carbocycles. The van der Waals surface area contributed by atoms with Crippen molar-refractivity contribution in [3.8, 4) is 5.75 Å². The predicted molar refractivity (Wildman–Crippen MR) is 92.3 cm³/mol. The van der Waals surface area contributed by atoms with Crippen molar-refractivity contribution in [3.63, 3.8) is 0 Å². The van der Waals surface area contributed by atoms with E-state index in [9.17, 15) is 18.3 Å². The van der Waals surface area contributed by atoms with Crippen molar-refractivity contribution in [2.24, 2.45) is 5.41 Å². The van der Waals surface area contributed by atoms with Crippen molar-refractivity contribution in [2.45, 2.75) is 39.0 Å². The first-order chi connectivity index (χ1) is 11.0. The van der Waals surface area contributed by atoms with Crippen molar-refractivity contribution in [2.75, 3.05) is 26.2 Å². The Labute approximate surface area is 144 Å². The third-order valence-electron chi connectivity index (χ3n) is 4.01. The third-order valence-corrected chi connectivity index (χ3v) is 5.93. The van der Waals surface area contributed by atoms with Gasteiger partial charge in [-0.05, 0) is 30.0 Å². The molecule has 1 saturated heterocycles. The van der Waals surface area contributed by atoms with Crippen LogP contribution >= 0.6 is 0 Å². The molecule has 24 heavy (non-hydrogen) atoms. The van der Waals surface area contributed by atoms with E-state index in [1.54, 1.807) is 17.9 Å². The molecule has 134 valence electrons. The molecule has 6 nitrogen and oxygen atoms in total. The Hall–Kier alpha value is -1.60. The van der Waals surface area contributed by atoms with Gasteiger partial charge in [-0.25, -0.2) is 8.42 Å². The van der Waals surface area contributed by atoms with Crippen molar-refractivity contribution < 1.29 is 18.3 Å². The second-order valence-electron chi connectivity index (χ2n) is 7.49. The van der Waals surface area contributed by atoms with Crippen molar-refractivity contribution in [3.05, 3.63) is 23.8 Å². The molecular formula is C17H26N2O4S. The number of phenols is 1. The lowest BCUT2D eigenvalue weighted by molar-refractivity contribution is -0.134. The van der Waals surface area contributed by atoms with Crippen molar-refractivity contribution in [1.82, 2.24) is 9.21 Å². The molecule has 1 heterocycles. The van der Waals surface area contributed by atoms with Gasteiger partial charge in [0, 0.05) is 32.6 Å². The van der Waals surface area contributed by atoms with Crippen LogP contribution in [0.4, 0.5) is 0 Å². The molecule has 0 atom stereocenters. The summed E-state index contributed by atoms with van der Waals surface area (Å²) in [6, 6.07) is 4.53. The molecule has 1 aliphatic heterocycles. The van der Waals surface area contributed by atoms with Crippen LogP contribution in [0.25, 0.3) is 0 Å². The zero-order valence-corrected chi connectivity index (χ0v) is 15.6. The first-order valence-electron chi connectivity index (χ1n) is 8.08. The highest BCUT2D eigenvalue weighted by atomic mass is 32.2. The van der Waals surface area contributed by atoms with E-state index < -0.39 is 10.0 Å². The Balaban J connectivity index is 2.09. The fraction of sp³-hybridized carbons (Fsp3) is 0.588. The summed E-state index contributed by atoms with van der Waals surface area (Å²) in [5, 5.41) is 9.90. The molecule has 0 radical (unpaired) electrons. The first kappa shape index (κ1) is 18.7. The molecule has 1 aromatic rings. The van der Waals surface area contributed by atoms with Gasteiger partial charge in [-0.3, -0.25) is 4.79 Å². The number of hydrogen-bond donors (Lipinski definition) is 1. The van der Waals surface area contributed by atoms with E-state index in [4.69, 9.17) is 0 Å². The molecular weight excluding hydrogens is 328 g/mol. The number of nitrogens with zero attached hydrogens (tertiary/aromatic N) is 2. The number of carbonyl (C=O) groups is 1. The third kappa shape index (κ3) is 4.27. The molecule has 1 N–H and O–H groups in total. The van der Waals surface area contributed by atoms with Gasteiger partial charge in [0.15, 0.2) is 0 Å². The summed E-state index contributed by atoms with van der Waals surface area (Å²) < 4.78 is 26.8. The first-order valence-corrected chi connectivity index (χ1v) is 9.52. The number of amides is 1. The number of sulfonamides is 1. The van der Waals surface area contributed by atoms with Gasteiger partial charge >= 0.3 is 0 Å². The molecule has 0 spiro atoms. The van der Waals surface area contributed by atoms with Gasteiger partial charge in [0.1, 0.15) is 10.6 Å². The van der Waals surface area contributed by atoms with E-state index in [-0.39, 0.29) is 35.1 Å². The monoisotopic (exact) mass is 354 g/mol. The summed E-state index contributed by atoms with van der Waals surface area (Å²) in [6.07, 6.45) is 0.443. The van der Waals surface area contributed by atoms with Crippen LogP contribution in [0.2, 0.25) is 0 Å². The molecule has 2 rings (SSSR count). The second kappa shape index (κ2) is 6.72. The van der Waals surface area contributed by atoms with Gasteiger partial charge in [-0.2, -0.15) is 4.31 Å². The minimum atomic E-state index is -3.75. The van der Waals surface area contributed by atoms with Crippen LogP contribution in [0.3, 0.4) is 0 Å². The molecule has 1 amide bonds. The van der Waals surface area contributed by atoms with Crippen LogP contribution in [0.5, 0.6) is 5.75 Å². The van der Waals surface area contributed by atoms with E-state index in [0.29, 0.717) is 19.5 Å². The minimum absolute atomic E-state index is 0.0537. The minimum Gasteiger partial charge on any atom is -0.507 e. The Bertz CT molecular complexity index is 715. The summed E-state index contributed by atoms with van der Waals surface area (Å²) in [6.45, 7) is 9.03. The number of piperazine rings is 1. The number of carbonyl (C=O) groups excluding carboxylic acids is 1. The maximum atomic E-state index is 12.7. The second-order valence-corrected chi connectivity index (χ2v) is 9.40. The molecule has 0 aromatic heterocycles. The van der Waals surface area contributed by atoms with E-state index in [0.717, 1.165) is 5.56 Å². The molecule has 1 aromatic carbocycles. The van der Waals surface area contributed by atoms with Crippen LogP contribution < -0.4 is 0 Å². The topological polar surface area (TPSA) is 77.9 Å². The largest absolute Gasteiger partial charge is 0.507 e. The number of rotatable bonds is 3. The van der Waals surface area contributed by atoms with E-state index in [1.807, 2.05) is 20.8 Å². The number of phenolic OH excluding ortho intramolecular Hbond substituents is 1. The standard InChI is InChI=1S/C17H26N2O4S/c1-13-5-6-14(20)15(11-13)24(22,23)19-9-7-18(8-10-19)16(21)12-17(2,3)4/h5-6,11,20H,7-10,12H2,1-4H3. The number of aryl methyl sites for hydroxylation is 1. The smallest absolute Gasteiger partial charge is 0.246 e. The summed E-state index contributed by atoms with van der Waals surface area (Å²) in [4.78, 5) is 13.9. The predicted octanol–water partition coefficient (Wildman–Crippen LogP) is 1.97. The van der Waals surface area contributed by atoms with Gasteiger partial charge in [-0.1, -0.05) is 26.8 Å². The van der Waals surface area contributed by atoms with E-state index in [2.05, 4.69) is 0 Å². The average molecular weight is 354 g/mol. The van der Waals surface area contributed by atoms with Gasteiger partial charge in [0.25, 0.3) is 0 Å². The van der Waals surface area contributed by atoms with Crippen LogP contribution in [0.15, 0.2) is 23.1 Å². The Kier molecular flexibility index (Phi) is 5.25. The normalized spacial score (nSPS) is 17.1. The van der Waals surface area contributed by atoms with Gasteiger partial charge < -0.3 is 10.0 Å². The van der Waals surface area contributed by atoms with Crippen LogP contribution in [-0.2, 0) is 14.8 Å². The van der Waals surface area contributed by atoms with Crippen LogP contribution in [0.1, 0.15) is 32.8 Å². The van der Waals surface area contributed by atoms with Crippen molar-refractivity contribution in [1.29, 1.82) is 0 Å². The molecule has 1 aliphatic rings. The zero-order valence-electron chi connectivity index (χ0n) is 14.7. The van der Waals surface area contributed by atoms with Crippen molar-refractivity contribution >= 4 is 15.9 Å². The SMILES string of the molecule is Cc1ccc(O)c(S(=O)(=O)N2CCN(C(=O)CC(C)(C)C)CC2)c1. The summed E-state index contributed by atoms with van der Waals surface area (Å²) in [7, 11) is -3.75. The van der Waals surface area contributed by atoms with Crippen LogP contribution in [0, 0.1) is 12.3 Å². The molecule has 0 bridgehead atoms. The Morgan fingerprint density at radius 1 is 1.17 bits per heavy atom. The highest BCUT2D eigenvalue weighted by molar-refractivity contribution is 7.89. The van der Waals surface area contributed by atoms with Crippen LogP contribution in [-0.4, -0.2) is 54.8 Å². The lowest BCUT2D eigenvalue weighted by Gasteiger charge is -2.35. The van der Waals surface area contributed by atoms with Gasteiger partial charge in [0.05, 0.1) is 0 Å². The molecule has 7 heteroatoms. The lowest BCUT2D eigenvalue weighted by Crippen LogP contribution is -2.51. The number of benzene rings is 1. The maximum Gasteiger partial charge on any atom is 0.246 e. The quantitative estimate of drug-likeness (QED) is 0.900. The highest BCUT2D eigenvalue weighted by Gasteiger charge is 2.32.